The molecule has 0 radical (unpaired) electrons. The maximum Gasteiger partial charge on any atom is 0.130 e. The molecule has 0 amide bonds. The SMILES string of the molecule is Clc1cc2ccccc2c(-c2cccnc2)n1. The fourth-order valence-electron chi connectivity index (χ4n) is 1.89. The van der Waals surface area contributed by atoms with Crippen molar-refractivity contribution in [2.24, 2.45) is 0 Å². The Morgan fingerprint density at radius 3 is 2.71 bits per heavy atom. The zero-order valence-electron chi connectivity index (χ0n) is 8.97. The number of nitrogens with zero attached hydrogens (tertiary/aromatic N) is 2. The highest BCUT2D eigenvalue weighted by Crippen LogP contribution is 2.28. The highest BCUT2D eigenvalue weighted by Gasteiger charge is 2.06. The van der Waals surface area contributed by atoms with Crippen molar-refractivity contribution in [1.29, 1.82) is 0 Å². The van der Waals surface area contributed by atoms with E-state index in [9.17, 15) is 0 Å². The Labute approximate surface area is 104 Å². The summed E-state index contributed by atoms with van der Waals surface area (Å²) in [4.78, 5) is 8.51. The minimum absolute atomic E-state index is 0.502. The highest BCUT2D eigenvalue weighted by molar-refractivity contribution is 6.30. The molecule has 3 rings (SSSR count). The van der Waals surface area contributed by atoms with Crippen LogP contribution in [-0.2, 0) is 0 Å². The standard InChI is InChI=1S/C14H9ClN2/c15-13-8-10-4-1-2-6-12(10)14(17-13)11-5-3-7-16-9-11/h1-9H. The first kappa shape index (κ1) is 10.2. The van der Waals surface area contributed by atoms with Crippen LogP contribution in [-0.4, -0.2) is 9.97 Å². The van der Waals surface area contributed by atoms with Crippen molar-refractivity contribution in [3.8, 4) is 11.3 Å². The van der Waals surface area contributed by atoms with Crippen LogP contribution in [0.5, 0.6) is 0 Å². The molecule has 2 nitrogen and oxygen atoms in total. The van der Waals surface area contributed by atoms with Crippen LogP contribution in [0, 0.1) is 0 Å². The molecule has 0 saturated carbocycles. The molecule has 82 valence electrons. The maximum absolute atomic E-state index is 6.04. The summed E-state index contributed by atoms with van der Waals surface area (Å²) in [7, 11) is 0. The van der Waals surface area contributed by atoms with E-state index in [-0.39, 0.29) is 0 Å². The van der Waals surface area contributed by atoms with E-state index in [2.05, 4.69) is 9.97 Å². The van der Waals surface area contributed by atoms with E-state index in [1.165, 1.54) is 0 Å². The lowest BCUT2D eigenvalue weighted by Crippen LogP contribution is -1.87. The van der Waals surface area contributed by atoms with Crippen molar-refractivity contribution in [1.82, 2.24) is 9.97 Å². The lowest BCUT2D eigenvalue weighted by molar-refractivity contribution is 1.29. The summed E-state index contributed by atoms with van der Waals surface area (Å²) in [5, 5.41) is 2.68. The van der Waals surface area contributed by atoms with Gasteiger partial charge in [0, 0.05) is 23.3 Å². The molecule has 3 heteroatoms. The summed E-state index contributed by atoms with van der Waals surface area (Å²) in [5.74, 6) is 0. The topological polar surface area (TPSA) is 25.8 Å². The lowest BCUT2D eigenvalue weighted by Gasteiger charge is -2.06. The minimum atomic E-state index is 0.502. The van der Waals surface area contributed by atoms with E-state index >= 15 is 0 Å². The van der Waals surface area contributed by atoms with Gasteiger partial charge < -0.3 is 0 Å². The third-order valence-electron chi connectivity index (χ3n) is 2.64. The van der Waals surface area contributed by atoms with Crippen LogP contribution in [0.15, 0.2) is 54.9 Å². The molecule has 0 bridgehead atoms. The second-order valence-electron chi connectivity index (χ2n) is 3.76. The van der Waals surface area contributed by atoms with Crippen LogP contribution in [0.3, 0.4) is 0 Å². The van der Waals surface area contributed by atoms with E-state index in [0.717, 1.165) is 22.0 Å². The first-order valence-corrected chi connectivity index (χ1v) is 5.68. The number of fused-ring (bicyclic) bond motifs is 1. The van der Waals surface area contributed by atoms with Gasteiger partial charge in [0.2, 0.25) is 0 Å². The van der Waals surface area contributed by atoms with Gasteiger partial charge in [0.05, 0.1) is 5.69 Å². The van der Waals surface area contributed by atoms with Gasteiger partial charge in [-0.1, -0.05) is 35.9 Å². The number of hydrogen-bond acceptors (Lipinski definition) is 2. The summed E-state index contributed by atoms with van der Waals surface area (Å²) >= 11 is 6.04. The number of rotatable bonds is 1. The molecular formula is C14H9ClN2. The second-order valence-corrected chi connectivity index (χ2v) is 4.14. The third-order valence-corrected chi connectivity index (χ3v) is 2.84. The monoisotopic (exact) mass is 240 g/mol. The Hall–Kier alpha value is -1.93. The van der Waals surface area contributed by atoms with Gasteiger partial charge in [-0.2, -0.15) is 0 Å². The van der Waals surface area contributed by atoms with Crippen molar-refractivity contribution in [2.45, 2.75) is 0 Å². The molecule has 0 unspecified atom stereocenters. The fraction of sp³-hybridized carbons (Fsp3) is 0. The summed E-state index contributed by atoms with van der Waals surface area (Å²) in [5.41, 5.74) is 1.85. The van der Waals surface area contributed by atoms with Gasteiger partial charge in [-0.3, -0.25) is 4.98 Å². The summed E-state index contributed by atoms with van der Waals surface area (Å²) in [6.07, 6.45) is 3.54. The van der Waals surface area contributed by atoms with E-state index in [1.807, 2.05) is 42.5 Å². The molecule has 0 spiro atoms. The predicted octanol–water partition coefficient (Wildman–Crippen LogP) is 3.95. The average Bonchev–Trinajstić information content (AvgIpc) is 2.39. The number of halogens is 1. The Kier molecular flexibility index (Phi) is 2.50. The molecule has 0 atom stereocenters. The van der Waals surface area contributed by atoms with E-state index < -0.39 is 0 Å². The molecule has 0 aliphatic heterocycles. The number of hydrogen-bond donors (Lipinski definition) is 0. The van der Waals surface area contributed by atoms with Crippen molar-refractivity contribution < 1.29 is 0 Å². The van der Waals surface area contributed by atoms with Gasteiger partial charge in [0.1, 0.15) is 5.15 Å². The number of benzene rings is 1. The molecule has 1 aromatic carbocycles. The van der Waals surface area contributed by atoms with Crippen molar-refractivity contribution in [3.63, 3.8) is 0 Å². The third kappa shape index (κ3) is 1.87. The predicted molar refractivity (Wildman–Crippen MR) is 70.0 cm³/mol. The van der Waals surface area contributed by atoms with Crippen molar-refractivity contribution in [2.75, 3.05) is 0 Å². The molecule has 0 aliphatic rings. The first-order chi connectivity index (χ1) is 8.34. The van der Waals surface area contributed by atoms with E-state index in [1.54, 1.807) is 12.4 Å². The molecule has 3 aromatic rings. The molecule has 0 aliphatic carbocycles. The normalized spacial score (nSPS) is 10.6. The van der Waals surface area contributed by atoms with Crippen LogP contribution >= 0.6 is 11.6 Å². The molecular weight excluding hydrogens is 232 g/mol. The molecule has 0 saturated heterocycles. The summed E-state index contributed by atoms with van der Waals surface area (Å²) < 4.78 is 0. The summed E-state index contributed by atoms with van der Waals surface area (Å²) in [6.45, 7) is 0. The van der Waals surface area contributed by atoms with E-state index in [4.69, 9.17) is 11.6 Å². The quantitative estimate of drug-likeness (QED) is 0.602. The van der Waals surface area contributed by atoms with Crippen LogP contribution in [0.1, 0.15) is 0 Å². The first-order valence-electron chi connectivity index (χ1n) is 5.30. The largest absolute Gasteiger partial charge is 0.264 e. The van der Waals surface area contributed by atoms with Crippen LogP contribution < -0.4 is 0 Å². The second kappa shape index (κ2) is 4.15. The van der Waals surface area contributed by atoms with Gasteiger partial charge in [0.25, 0.3) is 0 Å². The Morgan fingerprint density at radius 1 is 1.00 bits per heavy atom. The zero-order chi connectivity index (χ0) is 11.7. The number of aromatic nitrogens is 2. The Balaban J connectivity index is 2.36. The van der Waals surface area contributed by atoms with Crippen molar-refractivity contribution in [3.05, 3.63) is 60.0 Å². The number of pyridine rings is 2. The van der Waals surface area contributed by atoms with Gasteiger partial charge in [-0.25, -0.2) is 4.98 Å². The molecule has 2 heterocycles. The van der Waals surface area contributed by atoms with E-state index in [0.29, 0.717) is 5.15 Å². The van der Waals surface area contributed by atoms with Gasteiger partial charge in [-0.15, -0.1) is 0 Å². The molecule has 0 N–H and O–H groups in total. The van der Waals surface area contributed by atoms with Crippen LogP contribution in [0.4, 0.5) is 0 Å². The average molecular weight is 241 g/mol. The molecule has 0 fully saturated rings. The summed E-state index contributed by atoms with van der Waals surface area (Å²) in [6, 6.07) is 13.8. The fourth-order valence-corrected chi connectivity index (χ4v) is 2.09. The Morgan fingerprint density at radius 2 is 1.88 bits per heavy atom. The smallest absolute Gasteiger partial charge is 0.130 e. The van der Waals surface area contributed by atoms with Gasteiger partial charge in [0.15, 0.2) is 0 Å². The molecule has 2 aromatic heterocycles. The van der Waals surface area contributed by atoms with Crippen LogP contribution in [0.2, 0.25) is 5.15 Å². The molecule has 17 heavy (non-hydrogen) atoms. The van der Waals surface area contributed by atoms with Gasteiger partial charge in [-0.05, 0) is 23.6 Å². The zero-order valence-corrected chi connectivity index (χ0v) is 9.72. The minimum Gasteiger partial charge on any atom is -0.264 e. The van der Waals surface area contributed by atoms with Gasteiger partial charge >= 0.3 is 0 Å². The highest BCUT2D eigenvalue weighted by atomic mass is 35.5. The van der Waals surface area contributed by atoms with Crippen molar-refractivity contribution >= 4 is 22.4 Å². The Bertz CT molecular complexity index is 665. The van der Waals surface area contributed by atoms with Crippen LogP contribution in [0.25, 0.3) is 22.0 Å². The maximum atomic E-state index is 6.04. The lowest BCUT2D eigenvalue weighted by atomic mass is 10.1.